The summed E-state index contributed by atoms with van der Waals surface area (Å²) >= 11 is 1.56. The second-order valence-electron chi connectivity index (χ2n) is 6.19. The van der Waals surface area contributed by atoms with Crippen LogP contribution in [0.4, 0.5) is 13.9 Å². The number of carbonyl (C=O) groups excluding carboxylic acids is 1. The highest BCUT2D eigenvalue weighted by molar-refractivity contribution is 7.21. The third-order valence-electron chi connectivity index (χ3n) is 4.44. The SMILES string of the molecule is O=C(NC1CCN(c2nc3cccnc3s2)CC1)c1ccc(F)c(F)c1. The smallest absolute Gasteiger partial charge is 0.251 e. The number of nitrogens with one attached hydrogen (secondary N) is 1. The standard InChI is InChI=1S/C18H16F2N4OS/c19-13-4-3-11(10-14(13)20)16(25)22-12-5-8-24(9-6-12)18-23-15-2-1-7-21-17(15)26-18/h1-4,7,10,12H,5-6,8-9H2,(H,22,25). The minimum Gasteiger partial charge on any atom is -0.349 e. The molecule has 1 amide bonds. The van der Waals surface area contributed by atoms with Gasteiger partial charge in [0, 0.05) is 30.9 Å². The Morgan fingerprint density at radius 2 is 2.00 bits per heavy atom. The predicted octanol–water partition coefficient (Wildman–Crippen LogP) is 3.37. The quantitative estimate of drug-likeness (QED) is 0.764. The van der Waals surface area contributed by atoms with Gasteiger partial charge >= 0.3 is 0 Å². The second-order valence-corrected chi connectivity index (χ2v) is 7.14. The van der Waals surface area contributed by atoms with Crippen LogP contribution in [-0.4, -0.2) is 35.0 Å². The third-order valence-corrected chi connectivity index (χ3v) is 5.48. The van der Waals surface area contributed by atoms with Crippen LogP contribution in [0.3, 0.4) is 0 Å². The number of aromatic nitrogens is 2. The number of hydrogen-bond acceptors (Lipinski definition) is 5. The van der Waals surface area contributed by atoms with E-state index in [1.165, 1.54) is 6.07 Å². The molecule has 0 saturated carbocycles. The van der Waals surface area contributed by atoms with E-state index in [2.05, 4.69) is 20.2 Å². The molecule has 1 aliphatic rings. The fourth-order valence-corrected chi connectivity index (χ4v) is 3.98. The van der Waals surface area contributed by atoms with E-state index in [0.717, 1.165) is 53.5 Å². The molecule has 134 valence electrons. The summed E-state index contributed by atoms with van der Waals surface area (Å²) in [7, 11) is 0. The highest BCUT2D eigenvalue weighted by Gasteiger charge is 2.23. The number of nitrogens with zero attached hydrogens (tertiary/aromatic N) is 3. The van der Waals surface area contributed by atoms with Crippen molar-refractivity contribution >= 4 is 32.7 Å². The van der Waals surface area contributed by atoms with Crippen LogP contribution in [-0.2, 0) is 0 Å². The van der Waals surface area contributed by atoms with E-state index in [1.54, 1.807) is 17.5 Å². The Bertz CT molecular complexity index is 920. The zero-order valence-corrected chi connectivity index (χ0v) is 14.6. The lowest BCUT2D eigenvalue weighted by Crippen LogP contribution is -2.44. The van der Waals surface area contributed by atoms with Crippen LogP contribution in [0.5, 0.6) is 0 Å². The Morgan fingerprint density at radius 1 is 1.19 bits per heavy atom. The number of hydrogen-bond donors (Lipinski definition) is 1. The summed E-state index contributed by atoms with van der Waals surface area (Å²) in [5.41, 5.74) is 1.02. The maximum absolute atomic E-state index is 13.3. The number of fused-ring (bicyclic) bond motifs is 1. The zero-order valence-electron chi connectivity index (χ0n) is 13.8. The largest absolute Gasteiger partial charge is 0.349 e. The van der Waals surface area contributed by atoms with Gasteiger partial charge in [0.2, 0.25) is 0 Å². The van der Waals surface area contributed by atoms with Crippen molar-refractivity contribution in [2.45, 2.75) is 18.9 Å². The number of piperidine rings is 1. The Morgan fingerprint density at radius 3 is 2.73 bits per heavy atom. The fraction of sp³-hybridized carbons (Fsp3) is 0.278. The maximum Gasteiger partial charge on any atom is 0.251 e. The highest BCUT2D eigenvalue weighted by Crippen LogP contribution is 2.29. The van der Waals surface area contributed by atoms with Crippen LogP contribution in [0.15, 0.2) is 36.5 Å². The Balaban J connectivity index is 1.37. The molecule has 0 unspecified atom stereocenters. The van der Waals surface area contributed by atoms with Crippen molar-refractivity contribution in [3.63, 3.8) is 0 Å². The molecule has 0 aliphatic carbocycles. The topological polar surface area (TPSA) is 58.1 Å². The van der Waals surface area contributed by atoms with Gasteiger partial charge < -0.3 is 10.2 Å². The van der Waals surface area contributed by atoms with Crippen LogP contribution in [0.25, 0.3) is 10.3 Å². The molecule has 3 heterocycles. The molecular formula is C18H16F2N4OS. The lowest BCUT2D eigenvalue weighted by atomic mass is 10.0. The average Bonchev–Trinajstić information content (AvgIpc) is 3.08. The molecule has 0 radical (unpaired) electrons. The lowest BCUT2D eigenvalue weighted by Gasteiger charge is -2.32. The molecular weight excluding hydrogens is 358 g/mol. The summed E-state index contributed by atoms with van der Waals surface area (Å²) in [6, 6.07) is 6.99. The van der Waals surface area contributed by atoms with Crippen molar-refractivity contribution < 1.29 is 13.6 Å². The van der Waals surface area contributed by atoms with Gasteiger partial charge in [-0.2, -0.15) is 0 Å². The second kappa shape index (κ2) is 6.95. The molecule has 2 aromatic heterocycles. The highest BCUT2D eigenvalue weighted by atomic mass is 32.1. The van der Waals surface area contributed by atoms with Crippen molar-refractivity contribution in [2.75, 3.05) is 18.0 Å². The molecule has 26 heavy (non-hydrogen) atoms. The molecule has 0 spiro atoms. The normalized spacial score (nSPS) is 15.4. The fourth-order valence-electron chi connectivity index (χ4n) is 3.01. The number of pyridine rings is 1. The Kier molecular flexibility index (Phi) is 4.50. The van der Waals surface area contributed by atoms with Gasteiger partial charge in [-0.25, -0.2) is 18.7 Å². The van der Waals surface area contributed by atoms with Crippen LogP contribution in [0, 0.1) is 11.6 Å². The van der Waals surface area contributed by atoms with Crippen molar-refractivity contribution in [2.24, 2.45) is 0 Å². The summed E-state index contributed by atoms with van der Waals surface area (Å²) < 4.78 is 26.3. The predicted molar refractivity (Wildman–Crippen MR) is 96.5 cm³/mol. The van der Waals surface area contributed by atoms with Crippen LogP contribution < -0.4 is 10.2 Å². The summed E-state index contributed by atoms with van der Waals surface area (Å²) in [4.78, 5) is 24.2. The molecule has 1 fully saturated rings. The first-order valence-electron chi connectivity index (χ1n) is 8.32. The third kappa shape index (κ3) is 3.37. The molecule has 8 heteroatoms. The van der Waals surface area contributed by atoms with Crippen molar-refractivity contribution in [1.29, 1.82) is 0 Å². The first kappa shape index (κ1) is 16.8. The van der Waals surface area contributed by atoms with Crippen molar-refractivity contribution in [3.05, 3.63) is 53.7 Å². The number of carbonyl (C=O) groups is 1. The first-order chi connectivity index (χ1) is 12.6. The zero-order chi connectivity index (χ0) is 18.1. The van der Waals surface area contributed by atoms with E-state index in [-0.39, 0.29) is 17.5 Å². The van der Waals surface area contributed by atoms with Gasteiger partial charge in [0.15, 0.2) is 16.8 Å². The molecule has 5 nitrogen and oxygen atoms in total. The molecule has 1 aliphatic heterocycles. The van der Waals surface area contributed by atoms with E-state index >= 15 is 0 Å². The summed E-state index contributed by atoms with van der Waals surface area (Å²) in [6.45, 7) is 1.53. The minimum absolute atomic E-state index is 0.000586. The summed E-state index contributed by atoms with van der Waals surface area (Å²) in [6.07, 6.45) is 3.28. The molecule has 0 atom stereocenters. The molecule has 1 aromatic carbocycles. The van der Waals surface area contributed by atoms with Crippen LogP contribution >= 0.6 is 11.3 Å². The van der Waals surface area contributed by atoms with E-state index in [4.69, 9.17) is 0 Å². The number of anilines is 1. The van der Waals surface area contributed by atoms with Gasteiger partial charge in [-0.1, -0.05) is 11.3 Å². The summed E-state index contributed by atoms with van der Waals surface area (Å²) in [5, 5.41) is 3.83. The van der Waals surface area contributed by atoms with Gasteiger partial charge in [-0.3, -0.25) is 4.79 Å². The molecule has 4 rings (SSSR count). The van der Waals surface area contributed by atoms with Gasteiger partial charge in [0.05, 0.1) is 0 Å². The number of amides is 1. The average molecular weight is 374 g/mol. The minimum atomic E-state index is -1.02. The van der Waals surface area contributed by atoms with Gasteiger partial charge in [0.25, 0.3) is 5.91 Å². The monoisotopic (exact) mass is 374 g/mol. The molecule has 1 saturated heterocycles. The van der Waals surface area contributed by atoms with E-state index in [9.17, 15) is 13.6 Å². The maximum atomic E-state index is 13.3. The van der Waals surface area contributed by atoms with Gasteiger partial charge in [0.1, 0.15) is 10.3 Å². The van der Waals surface area contributed by atoms with Crippen LogP contribution in [0.2, 0.25) is 0 Å². The Hall–Kier alpha value is -2.61. The van der Waals surface area contributed by atoms with E-state index in [1.807, 2.05) is 12.1 Å². The van der Waals surface area contributed by atoms with Gasteiger partial charge in [-0.05, 0) is 43.2 Å². The first-order valence-corrected chi connectivity index (χ1v) is 9.14. The number of thiazole rings is 1. The number of halogens is 2. The number of rotatable bonds is 3. The van der Waals surface area contributed by atoms with Crippen molar-refractivity contribution in [3.8, 4) is 0 Å². The molecule has 0 bridgehead atoms. The van der Waals surface area contributed by atoms with E-state index < -0.39 is 11.6 Å². The number of benzene rings is 1. The summed E-state index contributed by atoms with van der Waals surface area (Å²) in [5.74, 6) is -2.36. The Labute approximate surface area is 152 Å². The molecule has 1 N–H and O–H groups in total. The lowest BCUT2D eigenvalue weighted by molar-refractivity contribution is 0.0930. The van der Waals surface area contributed by atoms with Crippen molar-refractivity contribution in [1.82, 2.24) is 15.3 Å². The molecule has 3 aromatic rings. The van der Waals surface area contributed by atoms with E-state index in [0.29, 0.717) is 0 Å². The van der Waals surface area contributed by atoms with Gasteiger partial charge in [-0.15, -0.1) is 0 Å². The van der Waals surface area contributed by atoms with Crippen LogP contribution in [0.1, 0.15) is 23.2 Å².